The summed E-state index contributed by atoms with van der Waals surface area (Å²) in [4.78, 5) is 24.3. The van der Waals surface area contributed by atoms with E-state index >= 15 is 0 Å². The van der Waals surface area contributed by atoms with Gasteiger partial charge in [0.1, 0.15) is 5.75 Å². The van der Waals surface area contributed by atoms with E-state index in [0.29, 0.717) is 22.9 Å². The molecule has 0 saturated carbocycles. The molecule has 8 nitrogen and oxygen atoms in total. The van der Waals surface area contributed by atoms with Crippen molar-refractivity contribution in [3.63, 3.8) is 0 Å². The number of nitrogens with one attached hydrogen (secondary N) is 1. The Labute approximate surface area is 186 Å². The van der Waals surface area contributed by atoms with E-state index in [0.717, 1.165) is 16.7 Å². The molecule has 1 heterocycles. The maximum Gasteiger partial charge on any atom is 0.266 e. The number of benzene rings is 2. The predicted molar refractivity (Wildman–Crippen MR) is 121 cm³/mol. The minimum atomic E-state index is -0.269. The monoisotopic (exact) mass is 437 g/mol. The topological polar surface area (TPSA) is 91.7 Å². The van der Waals surface area contributed by atoms with Crippen molar-refractivity contribution >= 4 is 5.91 Å². The summed E-state index contributed by atoms with van der Waals surface area (Å²) < 4.78 is 17.5. The lowest BCUT2D eigenvalue weighted by molar-refractivity contribution is -0.123. The van der Waals surface area contributed by atoms with Gasteiger partial charge in [-0.25, -0.2) is 4.68 Å². The number of aromatic nitrogens is 2. The zero-order chi connectivity index (χ0) is 23.1. The van der Waals surface area contributed by atoms with Crippen LogP contribution in [0.3, 0.4) is 0 Å². The molecule has 0 atom stereocenters. The van der Waals surface area contributed by atoms with Gasteiger partial charge >= 0.3 is 0 Å². The number of hydrogen-bond acceptors (Lipinski definition) is 6. The van der Waals surface area contributed by atoms with Gasteiger partial charge in [0, 0.05) is 18.2 Å². The summed E-state index contributed by atoms with van der Waals surface area (Å²) in [6, 6.07) is 14.3. The number of amides is 1. The third-order valence-electron chi connectivity index (χ3n) is 4.89. The lowest BCUT2D eigenvalue weighted by atomic mass is 10.1. The fourth-order valence-corrected chi connectivity index (χ4v) is 3.12. The molecule has 3 rings (SSSR count). The van der Waals surface area contributed by atoms with Crippen LogP contribution >= 0.6 is 0 Å². The van der Waals surface area contributed by atoms with Crippen molar-refractivity contribution in [2.75, 3.05) is 27.4 Å². The Morgan fingerprint density at radius 2 is 1.75 bits per heavy atom. The van der Waals surface area contributed by atoms with Gasteiger partial charge in [0.25, 0.3) is 11.5 Å². The maximum atomic E-state index is 12.2. The van der Waals surface area contributed by atoms with Crippen molar-refractivity contribution in [3.05, 3.63) is 70.0 Å². The van der Waals surface area contributed by atoms with Crippen LogP contribution in [0, 0.1) is 13.8 Å². The van der Waals surface area contributed by atoms with E-state index in [4.69, 9.17) is 14.2 Å². The van der Waals surface area contributed by atoms with Crippen molar-refractivity contribution in [1.82, 2.24) is 15.1 Å². The van der Waals surface area contributed by atoms with Crippen LogP contribution in [-0.2, 0) is 11.3 Å². The van der Waals surface area contributed by atoms with E-state index in [9.17, 15) is 9.59 Å². The minimum absolute atomic E-state index is 0.0989. The summed E-state index contributed by atoms with van der Waals surface area (Å²) in [6.07, 6.45) is 0. The van der Waals surface area contributed by atoms with Gasteiger partial charge in [-0.15, -0.1) is 0 Å². The molecule has 8 heteroatoms. The molecule has 1 aromatic heterocycles. The second-order valence-electron chi connectivity index (χ2n) is 7.26. The molecule has 0 saturated heterocycles. The highest BCUT2D eigenvalue weighted by molar-refractivity contribution is 5.77. The first kappa shape index (κ1) is 22.9. The second-order valence-corrected chi connectivity index (χ2v) is 7.26. The molecule has 0 bridgehead atoms. The van der Waals surface area contributed by atoms with E-state index in [-0.39, 0.29) is 31.2 Å². The largest absolute Gasteiger partial charge is 0.493 e. The first-order valence-corrected chi connectivity index (χ1v) is 10.2. The molecule has 0 fully saturated rings. The SMILES string of the molecule is COc1ccc(-c2ccc(=O)n(CCNC(=O)COc3cc(C)ccc3C)n2)cc1OC. The third-order valence-corrected chi connectivity index (χ3v) is 4.89. The molecule has 0 unspecified atom stereocenters. The Morgan fingerprint density at radius 1 is 0.969 bits per heavy atom. The van der Waals surface area contributed by atoms with Gasteiger partial charge in [-0.05, 0) is 55.3 Å². The van der Waals surface area contributed by atoms with Gasteiger partial charge in [0.15, 0.2) is 18.1 Å². The number of nitrogens with zero attached hydrogens (tertiary/aromatic N) is 2. The molecule has 0 spiro atoms. The molecule has 1 amide bonds. The Kier molecular flexibility index (Phi) is 7.49. The Morgan fingerprint density at radius 3 is 2.50 bits per heavy atom. The number of rotatable bonds is 9. The maximum absolute atomic E-state index is 12.2. The molecule has 168 valence electrons. The molecule has 32 heavy (non-hydrogen) atoms. The van der Waals surface area contributed by atoms with Crippen LogP contribution in [-0.4, -0.2) is 43.1 Å². The van der Waals surface area contributed by atoms with E-state index < -0.39 is 0 Å². The van der Waals surface area contributed by atoms with Crippen molar-refractivity contribution < 1.29 is 19.0 Å². The molecule has 1 N–H and O–H groups in total. The summed E-state index contributed by atoms with van der Waals surface area (Å²) in [6.45, 7) is 4.27. The lowest BCUT2D eigenvalue weighted by Gasteiger charge is -2.12. The molecule has 2 aromatic carbocycles. The number of methoxy groups -OCH3 is 2. The molecule has 0 aliphatic carbocycles. The number of carbonyl (C=O) groups excluding carboxylic acids is 1. The Hall–Kier alpha value is -3.81. The fraction of sp³-hybridized carbons (Fsp3) is 0.292. The highest BCUT2D eigenvalue weighted by Gasteiger charge is 2.10. The van der Waals surface area contributed by atoms with Crippen LogP contribution in [0.2, 0.25) is 0 Å². The van der Waals surface area contributed by atoms with Crippen LogP contribution in [0.15, 0.2) is 53.3 Å². The second kappa shape index (κ2) is 10.5. The lowest BCUT2D eigenvalue weighted by Crippen LogP contribution is -2.34. The van der Waals surface area contributed by atoms with E-state index in [1.807, 2.05) is 38.1 Å². The Balaban J connectivity index is 1.60. The van der Waals surface area contributed by atoms with Crippen molar-refractivity contribution in [3.8, 4) is 28.5 Å². The summed E-state index contributed by atoms with van der Waals surface area (Å²) in [5.74, 6) is 1.59. The van der Waals surface area contributed by atoms with Crippen LogP contribution in [0.1, 0.15) is 11.1 Å². The van der Waals surface area contributed by atoms with Crippen LogP contribution in [0.4, 0.5) is 0 Å². The summed E-state index contributed by atoms with van der Waals surface area (Å²) >= 11 is 0. The van der Waals surface area contributed by atoms with Gasteiger partial charge in [-0.1, -0.05) is 12.1 Å². The number of aryl methyl sites for hydroxylation is 2. The Bertz CT molecular complexity index is 1160. The molecular weight excluding hydrogens is 410 g/mol. The highest BCUT2D eigenvalue weighted by Crippen LogP contribution is 2.31. The summed E-state index contributed by atoms with van der Waals surface area (Å²) in [5.41, 5.74) is 3.16. The van der Waals surface area contributed by atoms with Gasteiger partial charge in [-0.2, -0.15) is 5.10 Å². The molecule has 3 aromatic rings. The predicted octanol–water partition coefficient (Wildman–Crippen LogP) is 2.74. The fourth-order valence-electron chi connectivity index (χ4n) is 3.12. The molecule has 0 aliphatic rings. The first-order valence-electron chi connectivity index (χ1n) is 10.2. The zero-order valence-corrected chi connectivity index (χ0v) is 18.7. The quantitative estimate of drug-likeness (QED) is 0.554. The van der Waals surface area contributed by atoms with Crippen molar-refractivity contribution in [2.24, 2.45) is 0 Å². The van der Waals surface area contributed by atoms with E-state index in [1.54, 1.807) is 32.4 Å². The average Bonchev–Trinajstić information content (AvgIpc) is 2.80. The molecule has 0 radical (unpaired) electrons. The van der Waals surface area contributed by atoms with Crippen molar-refractivity contribution in [2.45, 2.75) is 20.4 Å². The van der Waals surface area contributed by atoms with Gasteiger partial charge in [0.2, 0.25) is 0 Å². The van der Waals surface area contributed by atoms with Gasteiger partial charge in [-0.3, -0.25) is 9.59 Å². The zero-order valence-electron chi connectivity index (χ0n) is 18.7. The van der Waals surface area contributed by atoms with Gasteiger partial charge < -0.3 is 19.5 Å². The van der Waals surface area contributed by atoms with E-state index in [2.05, 4.69) is 10.4 Å². The van der Waals surface area contributed by atoms with Crippen LogP contribution < -0.4 is 25.1 Å². The number of ether oxygens (including phenoxy) is 3. The third kappa shape index (κ3) is 5.66. The number of carbonyl (C=O) groups is 1. The standard InChI is InChI=1S/C24H27N3O5/c1-16-5-6-17(2)21(13-16)32-15-23(28)25-11-12-27-24(29)10-8-19(26-27)18-7-9-20(30-3)22(14-18)31-4/h5-10,13-14H,11-12,15H2,1-4H3,(H,25,28). The van der Waals surface area contributed by atoms with Crippen molar-refractivity contribution in [1.29, 1.82) is 0 Å². The highest BCUT2D eigenvalue weighted by atomic mass is 16.5. The molecular formula is C24H27N3O5. The summed E-state index contributed by atoms with van der Waals surface area (Å²) in [5, 5.41) is 7.17. The molecule has 0 aliphatic heterocycles. The van der Waals surface area contributed by atoms with Gasteiger partial charge in [0.05, 0.1) is 26.5 Å². The number of hydrogen-bond donors (Lipinski definition) is 1. The van der Waals surface area contributed by atoms with Crippen LogP contribution in [0.25, 0.3) is 11.3 Å². The smallest absolute Gasteiger partial charge is 0.266 e. The minimum Gasteiger partial charge on any atom is -0.493 e. The average molecular weight is 437 g/mol. The van der Waals surface area contributed by atoms with Crippen LogP contribution in [0.5, 0.6) is 17.2 Å². The summed E-state index contributed by atoms with van der Waals surface area (Å²) in [7, 11) is 3.12. The first-order chi connectivity index (χ1) is 15.4. The van der Waals surface area contributed by atoms with E-state index in [1.165, 1.54) is 10.7 Å². The normalized spacial score (nSPS) is 10.5.